The van der Waals surface area contributed by atoms with E-state index in [0.29, 0.717) is 0 Å². The summed E-state index contributed by atoms with van der Waals surface area (Å²) in [5.41, 5.74) is 1.03. The van der Waals surface area contributed by atoms with E-state index in [4.69, 9.17) is 4.74 Å². The Labute approximate surface area is 113 Å². The highest BCUT2D eigenvalue weighted by atomic mass is 16.5. The molecule has 6 nitrogen and oxygen atoms in total. The van der Waals surface area contributed by atoms with Crippen molar-refractivity contribution in [2.75, 3.05) is 25.6 Å². The predicted molar refractivity (Wildman–Crippen MR) is 74.2 cm³/mol. The fraction of sp³-hybridized carbons (Fsp3) is 0.538. The first-order chi connectivity index (χ1) is 9.29. The van der Waals surface area contributed by atoms with E-state index in [1.165, 1.54) is 0 Å². The number of hydrogen-bond donors (Lipinski definition) is 1. The number of aromatic nitrogens is 4. The quantitative estimate of drug-likeness (QED) is 0.734. The number of hydrogen-bond acceptors (Lipinski definition) is 4. The van der Waals surface area contributed by atoms with E-state index in [1.54, 1.807) is 13.3 Å². The van der Waals surface area contributed by atoms with Crippen molar-refractivity contribution in [2.24, 2.45) is 0 Å². The molecular formula is C13H21N5O. The number of anilines is 1. The molecule has 0 unspecified atom stereocenters. The van der Waals surface area contributed by atoms with E-state index < -0.39 is 0 Å². The molecule has 2 heterocycles. The summed E-state index contributed by atoms with van der Waals surface area (Å²) in [5, 5.41) is 3.35. The smallest absolute Gasteiger partial charge is 0.203 e. The topological polar surface area (TPSA) is 56.9 Å². The molecule has 104 valence electrons. The van der Waals surface area contributed by atoms with E-state index in [2.05, 4.69) is 30.6 Å². The lowest BCUT2D eigenvalue weighted by Gasteiger charge is -2.09. The summed E-state index contributed by atoms with van der Waals surface area (Å²) in [6, 6.07) is 0. The van der Waals surface area contributed by atoms with E-state index in [0.717, 1.165) is 44.3 Å². The van der Waals surface area contributed by atoms with Crippen LogP contribution in [0.2, 0.25) is 0 Å². The standard InChI is InChI=1S/C13H21N5O/c1-12-10-18(8-7-17-6-5-14-11-17)13(16-12)15-4-3-9-19-2/h5-6,10-11H,3-4,7-9H2,1-2H3,(H,15,16). The summed E-state index contributed by atoms with van der Waals surface area (Å²) >= 11 is 0. The van der Waals surface area contributed by atoms with Gasteiger partial charge in [0.05, 0.1) is 12.0 Å². The molecule has 0 saturated heterocycles. The van der Waals surface area contributed by atoms with Crippen molar-refractivity contribution in [1.82, 2.24) is 19.1 Å². The molecule has 2 rings (SSSR count). The van der Waals surface area contributed by atoms with Crippen molar-refractivity contribution in [2.45, 2.75) is 26.4 Å². The van der Waals surface area contributed by atoms with Crippen LogP contribution in [0.5, 0.6) is 0 Å². The number of aryl methyl sites for hydroxylation is 3. The third kappa shape index (κ3) is 4.10. The van der Waals surface area contributed by atoms with Gasteiger partial charge >= 0.3 is 0 Å². The van der Waals surface area contributed by atoms with E-state index >= 15 is 0 Å². The summed E-state index contributed by atoms with van der Waals surface area (Å²) in [5.74, 6) is 0.925. The first-order valence-corrected chi connectivity index (χ1v) is 6.52. The normalized spacial score (nSPS) is 10.8. The Hall–Kier alpha value is -1.82. The van der Waals surface area contributed by atoms with Gasteiger partial charge in [0, 0.05) is 51.9 Å². The van der Waals surface area contributed by atoms with E-state index in [1.807, 2.05) is 19.4 Å². The Morgan fingerprint density at radius 3 is 3.00 bits per heavy atom. The van der Waals surface area contributed by atoms with Crippen LogP contribution in [0.25, 0.3) is 0 Å². The van der Waals surface area contributed by atoms with Crippen molar-refractivity contribution in [3.05, 3.63) is 30.6 Å². The molecule has 0 radical (unpaired) electrons. The lowest BCUT2D eigenvalue weighted by atomic mass is 10.4. The molecule has 19 heavy (non-hydrogen) atoms. The van der Waals surface area contributed by atoms with Crippen LogP contribution >= 0.6 is 0 Å². The summed E-state index contributed by atoms with van der Waals surface area (Å²) in [6.07, 6.45) is 8.63. The maximum absolute atomic E-state index is 5.03. The Kier molecular flexibility index (Phi) is 4.97. The molecule has 0 aliphatic rings. The van der Waals surface area contributed by atoms with E-state index in [-0.39, 0.29) is 0 Å². The molecule has 6 heteroatoms. The van der Waals surface area contributed by atoms with Gasteiger partial charge in [-0.1, -0.05) is 0 Å². The molecule has 2 aromatic rings. The van der Waals surface area contributed by atoms with Crippen LogP contribution in [0.15, 0.2) is 24.9 Å². The zero-order valence-electron chi connectivity index (χ0n) is 11.5. The highest BCUT2D eigenvalue weighted by molar-refractivity contribution is 5.28. The minimum Gasteiger partial charge on any atom is -0.385 e. The Balaban J connectivity index is 1.88. The zero-order chi connectivity index (χ0) is 13.5. The number of rotatable bonds is 8. The van der Waals surface area contributed by atoms with Crippen LogP contribution in [0.3, 0.4) is 0 Å². The summed E-state index contributed by atoms with van der Waals surface area (Å²) < 4.78 is 9.23. The minimum absolute atomic E-state index is 0.766. The first-order valence-electron chi connectivity index (χ1n) is 6.52. The Bertz CT molecular complexity index is 477. The molecule has 0 atom stereocenters. The fourth-order valence-electron chi connectivity index (χ4n) is 1.92. The molecule has 2 aromatic heterocycles. The summed E-state index contributed by atoms with van der Waals surface area (Å²) in [7, 11) is 1.72. The molecule has 0 aliphatic heterocycles. The molecule has 0 aliphatic carbocycles. The molecule has 0 fully saturated rings. The van der Waals surface area contributed by atoms with Gasteiger partial charge in [0.1, 0.15) is 0 Å². The van der Waals surface area contributed by atoms with E-state index in [9.17, 15) is 0 Å². The van der Waals surface area contributed by atoms with Gasteiger partial charge < -0.3 is 19.2 Å². The average molecular weight is 263 g/mol. The van der Waals surface area contributed by atoms with Crippen molar-refractivity contribution < 1.29 is 4.74 Å². The molecule has 0 amide bonds. The van der Waals surface area contributed by atoms with Gasteiger partial charge in [-0.15, -0.1) is 0 Å². The monoisotopic (exact) mass is 263 g/mol. The lowest BCUT2D eigenvalue weighted by molar-refractivity contribution is 0.197. The molecular weight excluding hydrogens is 242 g/mol. The van der Waals surface area contributed by atoms with Gasteiger partial charge in [0.25, 0.3) is 0 Å². The maximum atomic E-state index is 5.03. The zero-order valence-corrected chi connectivity index (χ0v) is 11.5. The largest absolute Gasteiger partial charge is 0.385 e. The van der Waals surface area contributed by atoms with Gasteiger partial charge in [0.15, 0.2) is 0 Å². The van der Waals surface area contributed by atoms with Crippen molar-refractivity contribution in [3.8, 4) is 0 Å². The molecule has 0 aromatic carbocycles. The summed E-state index contributed by atoms with van der Waals surface area (Å²) in [4.78, 5) is 8.54. The van der Waals surface area contributed by atoms with Crippen molar-refractivity contribution in [1.29, 1.82) is 0 Å². The van der Waals surface area contributed by atoms with Crippen LogP contribution < -0.4 is 5.32 Å². The van der Waals surface area contributed by atoms with Gasteiger partial charge in [-0.3, -0.25) is 0 Å². The first kappa shape index (κ1) is 13.6. The number of nitrogens with zero attached hydrogens (tertiary/aromatic N) is 4. The van der Waals surface area contributed by atoms with Crippen LogP contribution in [0, 0.1) is 6.92 Å². The number of methoxy groups -OCH3 is 1. The second kappa shape index (κ2) is 6.94. The molecule has 0 spiro atoms. The minimum atomic E-state index is 0.766. The van der Waals surface area contributed by atoms with Crippen molar-refractivity contribution in [3.63, 3.8) is 0 Å². The van der Waals surface area contributed by atoms with Crippen LogP contribution in [-0.2, 0) is 17.8 Å². The molecule has 0 bridgehead atoms. The highest BCUT2D eigenvalue weighted by Crippen LogP contribution is 2.09. The number of imidazole rings is 2. The average Bonchev–Trinajstić information content (AvgIpc) is 3.02. The second-order valence-electron chi connectivity index (χ2n) is 4.47. The number of nitrogens with one attached hydrogen (secondary N) is 1. The van der Waals surface area contributed by atoms with Gasteiger partial charge in [-0.2, -0.15) is 0 Å². The predicted octanol–water partition coefficient (Wildman–Crippen LogP) is 1.54. The van der Waals surface area contributed by atoms with Gasteiger partial charge in [-0.05, 0) is 13.3 Å². The van der Waals surface area contributed by atoms with Crippen LogP contribution in [0.1, 0.15) is 12.1 Å². The number of ether oxygens (including phenoxy) is 1. The van der Waals surface area contributed by atoms with Gasteiger partial charge in [-0.25, -0.2) is 9.97 Å². The highest BCUT2D eigenvalue weighted by Gasteiger charge is 2.04. The maximum Gasteiger partial charge on any atom is 0.203 e. The molecule has 1 N–H and O–H groups in total. The molecule has 0 saturated carbocycles. The van der Waals surface area contributed by atoms with Gasteiger partial charge in [0.2, 0.25) is 5.95 Å². The fourth-order valence-corrected chi connectivity index (χ4v) is 1.92. The van der Waals surface area contributed by atoms with Crippen molar-refractivity contribution >= 4 is 5.95 Å². The van der Waals surface area contributed by atoms with Crippen LogP contribution in [-0.4, -0.2) is 39.4 Å². The Morgan fingerprint density at radius 2 is 2.26 bits per heavy atom. The van der Waals surface area contributed by atoms with Crippen LogP contribution in [0.4, 0.5) is 5.95 Å². The Morgan fingerprint density at radius 1 is 1.37 bits per heavy atom. The summed E-state index contributed by atoms with van der Waals surface area (Å²) in [6.45, 7) is 5.41. The third-order valence-electron chi connectivity index (χ3n) is 2.86. The SMILES string of the molecule is COCCCNc1nc(C)cn1CCn1ccnc1. The second-order valence-corrected chi connectivity index (χ2v) is 4.47. The third-order valence-corrected chi connectivity index (χ3v) is 2.86. The lowest BCUT2D eigenvalue weighted by Crippen LogP contribution is -2.12.